The SMILES string of the molecule is Cc1ccc(-c2csc(NC(=O)c3ccc(-c4nc(C)no4)cc3)n2)c(C)c1. The molecule has 0 bridgehead atoms. The number of aryl methyl sites for hydroxylation is 3. The molecule has 4 aromatic rings. The Kier molecular flexibility index (Phi) is 4.75. The van der Waals surface area contributed by atoms with E-state index in [1.807, 2.05) is 5.38 Å². The molecular formula is C21H18N4O2S. The zero-order valence-electron chi connectivity index (χ0n) is 15.7. The molecule has 0 fully saturated rings. The molecule has 0 aliphatic rings. The van der Waals surface area contributed by atoms with E-state index in [1.54, 1.807) is 31.2 Å². The predicted molar refractivity (Wildman–Crippen MR) is 109 cm³/mol. The Labute approximate surface area is 166 Å². The van der Waals surface area contributed by atoms with Gasteiger partial charge in [0.25, 0.3) is 11.8 Å². The molecule has 0 unspecified atom stereocenters. The molecular weight excluding hydrogens is 372 g/mol. The van der Waals surface area contributed by atoms with Gasteiger partial charge in [0.05, 0.1) is 5.69 Å². The third kappa shape index (κ3) is 3.70. The Bertz CT molecular complexity index is 1150. The van der Waals surface area contributed by atoms with E-state index in [2.05, 4.69) is 52.5 Å². The number of nitrogens with one attached hydrogen (secondary N) is 1. The number of carbonyl (C=O) groups excluding carboxylic acids is 1. The highest BCUT2D eigenvalue weighted by Crippen LogP contribution is 2.28. The van der Waals surface area contributed by atoms with Crippen LogP contribution in [0.4, 0.5) is 5.13 Å². The first-order chi connectivity index (χ1) is 13.5. The quantitative estimate of drug-likeness (QED) is 0.528. The van der Waals surface area contributed by atoms with Crippen LogP contribution in [-0.4, -0.2) is 21.0 Å². The van der Waals surface area contributed by atoms with E-state index in [1.165, 1.54) is 16.9 Å². The maximum Gasteiger partial charge on any atom is 0.257 e. The maximum absolute atomic E-state index is 12.5. The van der Waals surface area contributed by atoms with E-state index in [9.17, 15) is 4.79 Å². The fraction of sp³-hybridized carbons (Fsp3) is 0.143. The van der Waals surface area contributed by atoms with Gasteiger partial charge in [0.15, 0.2) is 11.0 Å². The summed E-state index contributed by atoms with van der Waals surface area (Å²) in [5.74, 6) is 0.789. The van der Waals surface area contributed by atoms with Crippen LogP contribution in [0.2, 0.25) is 0 Å². The largest absolute Gasteiger partial charge is 0.334 e. The Hall–Kier alpha value is -3.32. The van der Waals surface area contributed by atoms with Gasteiger partial charge in [0.1, 0.15) is 0 Å². The summed E-state index contributed by atoms with van der Waals surface area (Å²) >= 11 is 1.41. The fourth-order valence-electron chi connectivity index (χ4n) is 2.90. The average Bonchev–Trinajstić information content (AvgIpc) is 3.31. The van der Waals surface area contributed by atoms with Crippen molar-refractivity contribution in [1.82, 2.24) is 15.1 Å². The zero-order valence-corrected chi connectivity index (χ0v) is 16.5. The van der Waals surface area contributed by atoms with Crippen molar-refractivity contribution < 1.29 is 9.32 Å². The van der Waals surface area contributed by atoms with Crippen molar-refractivity contribution >= 4 is 22.4 Å². The van der Waals surface area contributed by atoms with E-state index in [0.717, 1.165) is 22.4 Å². The Balaban J connectivity index is 1.49. The zero-order chi connectivity index (χ0) is 19.7. The minimum atomic E-state index is -0.213. The number of hydrogen-bond acceptors (Lipinski definition) is 6. The molecule has 0 radical (unpaired) electrons. The number of rotatable bonds is 4. The molecule has 6 nitrogen and oxygen atoms in total. The number of amides is 1. The lowest BCUT2D eigenvalue weighted by atomic mass is 10.0. The molecule has 0 aliphatic carbocycles. The summed E-state index contributed by atoms with van der Waals surface area (Å²) in [4.78, 5) is 21.3. The smallest absolute Gasteiger partial charge is 0.257 e. The highest BCUT2D eigenvalue weighted by atomic mass is 32.1. The van der Waals surface area contributed by atoms with Gasteiger partial charge in [-0.3, -0.25) is 10.1 Å². The van der Waals surface area contributed by atoms with Crippen molar-refractivity contribution in [3.05, 3.63) is 70.4 Å². The molecule has 1 amide bonds. The number of thiazole rings is 1. The van der Waals surface area contributed by atoms with Crippen molar-refractivity contribution in [2.75, 3.05) is 5.32 Å². The van der Waals surface area contributed by atoms with Crippen LogP contribution in [0.15, 0.2) is 52.4 Å². The molecule has 2 aromatic heterocycles. The first-order valence-electron chi connectivity index (χ1n) is 8.75. The highest BCUT2D eigenvalue weighted by Gasteiger charge is 2.12. The van der Waals surface area contributed by atoms with Crippen molar-refractivity contribution in [2.24, 2.45) is 0 Å². The normalized spacial score (nSPS) is 10.8. The van der Waals surface area contributed by atoms with Gasteiger partial charge in [-0.25, -0.2) is 4.98 Å². The summed E-state index contributed by atoms with van der Waals surface area (Å²) < 4.78 is 5.14. The van der Waals surface area contributed by atoms with Crippen LogP contribution in [0.1, 0.15) is 27.3 Å². The van der Waals surface area contributed by atoms with Crippen LogP contribution < -0.4 is 5.32 Å². The molecule has 0 aliphatic heterocycles. The number of anilines is 1. The number of carbonyl (C=O) groups is 1. The fourth-order valence-corrected chi connectivity index (χ4v) is 3.61. The second kappa shape index (κ2) is 7.36. The van der Waals surface area contributed by atoms with Crippen LogP contribution in [-0.2, 0) is 0 Å². The molecule has 4 rings (SSSR count). The van der Waals surface area contributed by atoms with Crippen LogP contribution in [0, 0.1) is 20.8 Å². The van der Waals surface area contributed by atoms with Gasteiger partial charge in [-0.1, -0.05) is 28.9 Å². The first-order valence-corrected chi connectivity index (χ1v) is 9.63. The van der Waals surface area contributed by atoms with Gasteiger partial charge in [-0.2, -0.15) is 4.98 Å². The molecule has 0 atom stereocenters. The van der Waals surface area contributed by atoms with E-state index >= 15 is 0 Å². The summed E-state index contributed by atoms with van der Waals surface area (Å²) in [5.41, 5.74) is 5.60. The number of hydrogen-bond donors (Lipinski definition) is 1. The summed E-state index contributed by atoms with van der Waals surface area (Å²) in [6.45, 7) is 5.88. The monoisotopic (exact) mass is 390 g/mol. The number of nitrogens with zero attached hydrogens (tertiary/aromatic N) is 3. The summed E-state index contributed by atoms with van der Waals surface area (Å²) in [5, 5.41) is 9.15. The number of aromatic nitrogens is 3. The van der Waals surface area contributed by atoms with Gasteiger partial charge in [-0.05, 0) is 50.6 Å². The molecule has 0 spiro atoms. The second-order valence-corrected chi connectivity index (χ2v) is 7.39. The standard InChI is InChI=1S/C21H18N4O2S/c1-12-4-9-17(13(2)10-12)18-11-28-21(23-18)24-19(26)15-5-7-16(8-6-15)20-22-14(3)25-27-20/h4-11H,1-3H3,(H,23,24,26). The van der Waals surface area contributed by atoms with Gasteiger partial charge in [0.2, 0.25) is 0 Å². The Morgan fingerprint density at radius 1 is 1.04 bits per heavy atom. The minimum Gasteiger partial charge on any atom is -0.334 e. The lowest BCUT2D eigenvalue weighted by Crippen LogP contribution is -2.11. The highest BCUT2D eigenvalue weighted by molar-refractivity contribution is 7.14. The second-order valence-electron chi connectivity index (χ2n) is 6.53. The van der Waals surface area contributed by atoms with Crippen molar-refractivity contribution in [2.45, 2.75) is 20.8 Å². The molecule has 0 saturated heterocycles. The van der Waals surface area contributed by atoms with Crippen LogP contribution in [0.3, 0.4) is 0 Å². The maximum atomic E-state index is 12.5. The number of benzene rings is 2. The molecule has 140 valence electrons. The minimum absolute atomic E-state index is 0.213. The first kappa shape index (κ1) is 18.1. The Morgan fingerprint density at radius 2 is 1.82 bits per heavy atom. The third-order valence-electron chi connectivity index (χ3n) is 4.30. The molecule has 0 saturated carbocycles. The summed E-state index contributed by atoms with van der Waals surface area (Å²) in [6, 6.07) is 13.3. The van der Waals surface area contributed by atoms with E-state index < -0.39 is 0 Å². The lowest BCUT2D eigenvalue weighted by molar-refractivity contribution is 0.102. The molecule has 28 heavy (non-hydrogen) atoms. The molecule has 2 aromatic carbocycles. The van der Waals surface area contributed by atoms with Crippen LogP contribution >= 0.6 is 11.3 Å². The van der Waals surface area contributed by atoms with E-state index in [4.69, 9.17) is 4.52 Å². The average molecular weight is 390 g/mol. The van der Waals surface area contributed by atoms with Crippen molar-refractivity contribution in [3.63, 3.8) is 0 Å². The summed E-state index contributed by atoms with van der Waals surface area (Å²) in [7, 11) is 0. The van der Waals surface area contributed by atoms with Crippen molar-refractivity contribution in [3.8, 4) is 22.7 Å². The summed E-state index contributed by atoms with van der Waals surface area (Å²) in [6.07, 6.45) is 0. The van der Waals surface area contributed by atoms with Gasteiger partial charge in [0, 0.05) is 22.1 Å². The van der Waals surface area contributed by atoms with Gasteiger partial charge >= 0.3 is 0 Å². The van der Waals surface area contributed by atoms with Crippen molar-refractivity contribution in [1.29, 1.82) is 0 Å². The molecule has 2 heterocycles. The van der Waals surface area contributed by atoms with Crippen LogP contribution in [0.25, 0.3) is 22.7 Å². The predicted octanol–water partition coefficient (Wildman–Crippen LogP) is 5.04. The third-order valence-corrected chi connectivity index (χ3v) is 5.06. The van der Waals surface area contributed by atoms with Gasteiger partial charge < -0.3 is 4.52 Å². The van der Waals surface area contributed by atoms with E-state index in [0.29, 0.717) is 22.4 Å². The van der Waals surface area contributed by atoms with Crippen LogP contribution in [0.5, 0.6) is 0 Å². The molecule has 1 N–H and O–H groups in total. The topological polar surface area (TPSA) is 80.9 Å². The molecule has 7 heteroatoms. The van der Waals surface area contributed by atoms with Gasteiger partial charge in [-0.15, -0.1) is 11.3 Å². The lowest BCUT2D eigenvalue weighted by Gasteiger charge is -2.04. The Morgan fingerprint density at radius 3 is 2.50 bits per heavy atom. The van der Waals surface area contributed by atoms with E-state index in [-0.39, 0.29) is 5.91 Å².